The number of rotatable bonds is 5. The lowest BCUT2D eigenvalue weighted by Crippen LogP contribution is -2.13. The van der Waals surface area contributed by atoms with Crippen molar-refractivity contribution in [2.24, 2.45) is 0 Å². The molecule has 0 aliphatic heterocycles. The lowest BCUT2D eigenvalue weighted by molar-refractivity contribution is 0.102. The van der Waals surface area contributed by atoms with Gasteiger partial charge in [0.2, 0.25) is 0 Å². The molecule has 0 spiro atoms. The number of nitrogens with zero attached hydrogens (tertiary/aromatic N) is 3. The first-order valence-electron chi connectivity index (χ1n) is 7.28. The van der Waals surface area contributed by atoms with Gasteiger partial charge in [0.05, 0.1) is 36.8 Å². The van der Waals surface area contributed by atoms with Crippen molar-refractivity contribution >= 4 is 23.2 Å². The van der Waals surface area contributed by atoms with Crippen LogP contribution in [0.3, 0.4) is 0 Å². The Bertz CT molecular complexity index is 863. The third-order valence-corrected chi connectivity index (χ3v) is 3.88. The van der Waals surface area contributed by atoms with Gasteiger partial charge in [-0.15, -0.1) is 0 Å². The van der Waals surface area contributed by atoms with Crippen LogP contribution in [0.15, 0.2) is 55.1 Å². The Labute approximate surface area is 143 Å². The Morgan fingerprint density at radius 2 is 2.04 bits per heavy atom. The van der Waals surface area contributed by atoms with Gasteiger partial charge >= 0.3 is 0 Å². The summed E-state index contributed by atoms with van der Waals surface area (Å²) in [4.78, 5) is 16.3. The topological polar surface area (TPSA) is 80.0 Å². The van der Waals surface area contributed by atoms with E-state index in [-0.39, 0.29) is 12.5 Å². The maximum atomic E-state index is 12.3. The molecule has 0 saturated heterocycles. The number of amides is 1. The van der Waals surface area contributed by atoms with Gasteiger partial charge in [-0.25, -0.2) is 0 Å². The highest BCUT2D eigenvalue weighted by atomic mass is 35.5. The van der Waals surface area contributed by atoms with Crippen molar-refractivity contribution in [3.63, 3.8) is 0 Å². The minimum atomic E-state index is -0.317. The highest BCUT2D eigenvalue weighted by Gasteiger charge is 2.12. The molecule has 122 valence electrons. The molecule has 7 heteroatoms. The van der Waals surface area contributed by atoms with Crippen molar-refractivity contribution in [2.45, 2.75) is 13.2 Å². The average Bonchev–Trinajstić information content (AvgIpc) is 3.06. The van der Waals surface area contributed by atoms with Crippen LogP contribution < -0.4 is 5.32 Å². The van der Waals surface area contributed by atoms with E-state index in [2.05, 4.69) is 15.4 Å². The van der Waals surface area contributed by atoms with Crippen molar-refractivity contribution < 1.29 is 9.90 Å². The molecule has 0 bridgehead atoms. The summed E-state index contributed by atoms with van der Waals surface area (Å²) >= 11 is 6.13. The minimum Gasteiger partial charge on any atom is -0.392 e. The number of pyridine rings is 1. The fourth-order valence-corrected chi connectivity index (χ4v) is 2.43. The second-order valence-electron chi connectivity index (χ2n) is 5.16. The molecule has 3 rings (SSSR count). The first kappa shape index (κ1) is 16.2. The van der Waals surface area contributed by atoms with Crippen molar-refractivity contribution in [2.75, 3.05) is 5.32 Å². The average molecular weight is 343 g/mol. The third-order valence-electron chi connectivity index (χ3n) is 3.52. The van der Waals surface area contributed by atoms with Crippen molar-refractivity contribution in [1.82, 2.24) is 14.8 Å². The molecule has 6 nitrogen and oxygen atoms in total. The zero-order chi connectivity index (χ0) is 16.9. The summed E-state index contributed by atoms with van der Waals surface area (Å²) in [7, 11) is 0. The number of hydrogen-bond acceptors (Lipinski definition) is 4. The molecule has 0 aliphatic rings. The van der Waals surface area contributed by atoms with Crippen LogP contribution in [0.1, 0.15) is 21.5 Å². The van der Waals surface area contributed by atoms with E-state index in [9.17, 15) is 9.90 Å². The van der Waals surface area contributed by atoms with E-state index in [0.717, 1.165) is 5.56 Å². The summed E-state index contributed by atoms with van der Waals surface area (Å²) in [5, 5.41) is 16.9. The third kappa shape index (κ3) is 3.61. The summed E-state index contributed by atoms with van der Waals surface area (Å²) in [6.07, 6.45) is 6.19. The van der Waals surface area contributed by atoms with Gasteiger partial charge in [0.25, 0.3) is 5.91 Å². The predicted molar refractivity (Wildman–Crippen MR) is 90.9 cm³/mol. The monoisotopic (exact) mass is 342 g/mol. The van der Waals surface area contributed by atoms with Gasteiger partial charge in [0, 0.05) is 23.0 Å². The lowest BCUT2D eigenvalue weighted by Gasteiger charge is -2.07. The molecule has 0 unspecified atom stereocenters. The van der Waals surface area contributed by atoms with E-state index < -0.39 is 0 Å². The summed E-state index contributed by atoms with van der Waals surface area (Å²) in [5.41, 5.74) is 2.41. The standard InChI is InChI=1S/C17H15ClN4O2/c18-15-4-2-1-3-12(15)9-22-10-14(7-20-22)17(24)21-16-8-19-6-5-13(16)11-23/h1-8,10,23H,9,11H2,(H,21,24). The van der Waals surface area contributed by atoms with E-state index >= 15 is 0 Å². The highest BCUT2D eigenvalue weighted by molar-refractivity contribution is 6.31. The summed E-state index contributed by atoms with van der Waals surface area (Å²) in [6.45, 7) is 0.297. The summed E-state index contributed by atoms with van der Waals surface area (Å²) < 4.78 is 1.65. The maximum absolute atomic E-state index is 12.3. The van der Waals surface area contributed by atoms with Gasteiger partial charge in [-0.2, -0.15) is 5.10 Å². The molecule has 3 aromatic rings. The van der Waals surface area contributed by atoms with Crippen LogP contribution in [0.25, 0.3) is 0 Å². The van der Waals surface area contributed by atoms with Gasteiger partial charge < -0.3 is 10.4 Å². The molecule has 1 amide bonds. The number of aliphatic hydroxyl groups excluding tert-OH is 1. The number of anilines is 1. The summed E-state index contributed by atoms with van der Waals surface area (Å²) in [6, 6.07) is 9.13. The summed E-state index contributed by atoms with van der Waals surface area (Å²) in [5.74, 6) is -0.317. The number of nitrogens with one attached hydrogen (secondary N) is 1. The van der Waals surface area contributed by atoms with Gasteiger partial charge in [0.1, 0.15) is 0 Å². The fraction of sp³-hybridized carbons (Fsp3) is 0.118. The number of benzene rings is 1. The molecule has 24 heavy (non-hydrogen) atoms. The zero-order valence-corrected chi connectivity index (χ0v) is 13.4. The largest absolute Gasteiger partial charge is 0.392 e. The fourth-order valence-electron chi connectivity index (χ4n) is 2.24. The maximum Gasteiger partial charge on any atom is 0.258 e. The van der Waals surface area contributed by atoms with E-state index in [1.807, 2.05) is 24.3 Å². The number of carbonyl (C=O) groups is 1. The number of hydrogen-bond donors (Lipinski definition) is 2. The van der Waals surface area contributed by atoms with E-state index in [4.69, 9.17) is 11.6 Å². The van der Waals surface area contributed by atoms with E-state index in [0.29, 0.717) is 28.4 Å². The lowest BCUT2D eigenvalue weighted by atomic mass is 10.2. The number of halogens is 1. The van der Waals surface area contributed by atoms with Crippen LogP contribution in [0.4, 0.5) is 5.69 Å². The van der Waals surface area contributed by atoms with Crippen molar-refractivity contribution in [3.05, 3.63) is 76.8 Å². The molecule has 2 N–H and O–H groups in total. The van der Waals surface area contributed by atoms with Crippen LogP contribution in [0, 0.1) is 0 Å². The molecule has 1 aromatic carbocycles. The Kier molecular flexibility index (Phi) is 4.88. The second kappa shape index (κ2) is 7.25. The molecular weight excluding hydrogens is 328 g/mol. The Morgan fingerprint density at radius 3 is 2.83 bits per heavy atom. The normalized spacial score (nSPS) is 10.6. The minimum absolute atomic E-state index is 0.177. The smallest absolute Gasteiger partial charge is 0.258 e. The number of carbonyl (C=O) groups excluding carboxylic acids is 1. The first-order valence-corrected chi connectivity index (χ1v) is 7.66. The number of aromatic nitrogens is 3. The number of aliphatic hydroxyl groups is 1. The molecular formula is C17H15ClN4O2. The van der Waals surface area contributed by atoms with Gasteiger partial charge in [-0.05, 0) is 17.7 Å². The van der Waals surface area contributed by atoms with Crippen molar-refractivity contribution in [3.8, 4) is 0 Å². The molecule has 0 fully saturated rings. The van der Waals surface area contributed by atoms with Crippen LogP contribution in [0.5, 0.6) is 0 Å². The second-order valence-corrected chi connectivity index (χ2v) is 5.57. The molecule has 0 saturated carbocycles. The molecule has 0 aliphatic carbocycles. The Morgan fingerprint density at radius 1 is 1.21 bits per heavy atom. The van der Waals surface area contributed by atoms with Gasteiger partial charge in [-0.3, -0.25) is 14.5 Å². The van der Waals surface area contributed by atoms with E-state index in [1.54, 1.807) is 23.1 Å². The first-order chi connectivity index (χ1) is 11.7. The van der Waals surface area contributed by atoms with E-state index in [1.165, 1.54) is 12.4 Å². The molecule has 2 aromatic heterocycles. The van der Waals surface area contributed by atoms with Crippen LogP contribution in [-0.2, 0) is 13.2 Å². The molecule has 0 atom stereocenters. The van der Waals surface area contributed by atoms with Gasteiger partial charge in [0.15, 0.2) is 0 Å². The van der Waals surface area contributed by atoms with Crippen LogP contribution in [0.2, 0.25) is 5.02 Å². The quantitative estimate of drug-likeness (QED) is 0.747. The van der Waals surface area contributed by atoms with Crippen LogP contribution in [-0.4, -0.2) is 25.8 Å². The zero-order valence-electron chi connectivity index (χ0n) is 12.7. The van der Waals surface area contributed by atoms with Crippen LogP contribution >= 0.6 is 11.6 Å². The molecule has 0 radical (unpaired) electrons. The Balaban J connectivity index is 1.73. The Hall–Kier alpha value is -2.70. The van der Waals surface area contributed by atoms with Crippen molar-refractivity contribution in [1.29, 1.82) is 0 Å². The predicted octanol–water partition coefficient (Wildman–Crippen LogP) is 2.72. The molecule has 2 heterocycles. The highest BCUT2D eigenvalue weighted by Crippen LogP contribution is 2.17. The SMILES string of the molecule is O=C(Nc1cnccc1CO)c1cnn(Cc2ccccc2Cl)c1. The van der Waals surface area contributed by atoms with Gasteiger partial charge in [-0.1, -0.05) is 29.8 Å².